The molecule has 0 bridgehead atoms. The Bertz CT molecular complexity index is 2220. The molecule has 0 unspecified atom stereocenters. The Morgan fingerprint density at radius 1 is 0.268 bits per heavy atom. The average molecular weight is 888 g/mol. The van der Waals surface area contributed by atoms with Crippen LogP contribution in [-0.2, 0) is 0 Å². The number of hydrogen-bond donors (Lipinski definition) is 0. The van der Waals surface area contributed by atoms with E-state index >= 15 is 0 Å². The van der Waals surface area contributed by atoms with Crippen LogP contribution in [0.15, 0.2) is 146 Å². The first kappa shape index (κ1) is 40.5. The predicted molar refractivity (Wildman–Crippen MR) is 244 cm³/mol. The van der Waals surface area contributed by atoms with Crippen molar-refractivity contribution in [3.8, 4) is 0 Å². The van der Waals surface area contributed by atoms with Crippen LogP contribution in [0.4, 0.5) is 0 Å². The fourth-order valence-electron chi connectivity index (χ4n) is 6.44. The Balaban J connectivity index is 1.16. The maximum Gasteiger partial charge on any atom is 0.0683 e. The minimum atomic E-state index is 0.297. The van der Waals surface area contributed by atoms with Crippen LogP contribution >= 0.6 is 92.8 Å². The van der Waals surface area contributed by atoms with Crippen LogP contribution in [0, 0.1) is 11.8 Å². The molecule has 0 atom stereocenters. The molecule has 0 aliphatic rings. The van der Waals surface area contributed by atoms with Gasteiger partial charge in [0, 0.05) is 22.3 Å². The van der Waals surface area contributed by atoms with Crippen molar-refractivity contribution in [1.82, 2.24) is 0 Å². The largest absolute Gasteiger partial charge is 0.0823 e. The van der Waals surface area contributed by atoms with E-state index in [2.05, 4.69) is 0 Å². The van der Waals surface area contributed by atoms with Crippen molar-refractivity contribution in [2.45, 2.75) is 0 Å². The quantitative estimate of drug-likeness (QED) is 0.0729. The Kier molecular flexibility index (Phi) is 13.2. The molecule has 0 spiro atoms. The summed E-state index contributed by atoms with van der Waals surface area (Å²) in [6.45, 7) is 0. The molecular formula is C48H28Cl8. The van der Waals surface area contributed by atoms with Gasteiger partial charge in [-0.05, 0) is 33.4 Å². The first-order chi connectivity index (χ1) is 27.2. The monoisotopic (exact) mass is 884 g/mol. The van der Waals surface area contributed by atoms with E-state index in [9.17, 15) is 0 Å². The molecule has 0 saturated heterocycles. The lowest BCUT2D eigenvalue weighted by Gasteiger charge is -2.23. The second-order valence-electron chi connectivity index (χ2n) is 12.6. The smallest absolute Gasteiger partial charge is 0.0683 e. The van der Waals surface area contributed by atoms with Gasteiger partial charge in [0.15, 0.2) is 0 Å². The molecular weight excluding hydrogens is 860 g/mol. The number of halogens is 8. The molecule has 0 aliphatic carbocycles. The lowest BCUT2D eigenvalue weighted by molar-refractivity contribution is 1.23. The van der Waals surface area contributed by atoms with Gasteiger partial charge in [-0.3, -0.25) is 0 Å². The standard InChI is InChI=1S/C48H28Cl8/c49-41-35(42(50)46(54)39(45(41)53)37(31-13-5-1-6-14-31)32-15-7-2-8-16-32)27-25-29-21-23-30(24-22-29)26-28-36-43(51)47(55)40(48(56)44(36)52)38(33-17-9-3-10-18-33)34-19-11-4-12-20-34/h1-28H/b27-25+,28-26+. The highest BCUT2D eigenvalue weighted by molar-refractivity contribution is 6.51. The first-order valence-corrected chi connectivity index (χ1v) is 20.3. The summed E-state index contributed by atoms with van der Waals surface area (Å²) in [5.74, 6) is 1.66. The molecule has 0 saturated carbocycles. The fraction of sp³-hybridized carbons (Fsp3) is 0. The van der Waals surface area contributed by atoms with Crippen LogP contribution in [0.5, 0.6) is 0 Å². The third-order valence-corrected chi connectivity index (χ3v) is 12.6. The van der Waals surface area contributed by atoms with Crippen LogP contribution in [0.1, 0.15) is 55.6 Å². The van der Waals surface area contributed by atoms with E-state index < -0.39 is 0 Å². The molecule has 2 radical (unpaired) electrons. The van der Waals surface area contributed by atoms with Crippen LogP contribution in [0.2, 0.25) is 40.2 Å². The molecule has 7 aromatic rings. The summed E-state index contributed by atoms with van der Waals surface area (Å²) in [5.41, 5.74) is 7.66. The molecule has 0 nitrogen and oxygen atoms in total. The van der Waals surface area contributed by atoms with Crippen molar-refractivity contribution in [1.29, 1.82) is 0 Å². The zero-order chi connectivity index (χ0) is 39.3. The lowest BCUT2D eigenvalue weighted by Crippen LogP contribution is -2.07. The third-order valence-electron chi connectivity index (χ3n) is 9.17. The van der Waals surface area contributed by atoms with Gasteiger partial charge in [0.25, 0.3) is 0 Å². The summed E-state index contributed by atoms with van der Waals surface area (Å²) in [6.07, 6.45) is 7.41. The molecule has 0 N–H and O–H groups in total. The molecule has 0 aliphatic heterocycles. The third kappa shape index (κ3) is 8.46. The second-order valence-corrected chi connectivity index (χ2v) is 15.7. The number of benzene rings is 7. The summed E-state index contributed by atoms with van der Waals surface area (Å²) in [5, 5.41) is 2.42. The van der Waals surface area contributed by atoms with Crippen LogP contribution in [0.25, 0.3) is 24.3 Å². The van der Waals surface area contributed by atoms with Crippen molar-refractivity contribution in [3.63, 3.8) is 0 Å². The second kappa shape index (κ2) is 18.3. The topological polar surface area (TPSA) is 0 Å². The minimum absolute atomic E-state index is 0.297. The molecule has 0 fully saturated rings. The van der Waals surface area contributed by atoms with Crippen molar-refractivity contribution in [2.24, 2.45) is 0 Å². The molecule has 0 amide bonds. The molecule has 0 heterocycles. The average Bonchev–Trinajstić information content (AvgIpc) is 3.24. The highest BCUT2D eigenvalue weighted by atomic mass is 35.5. The summed E-state index contributed by atoms with van der Waals surface area (Å²) in [6, 6.07) is 47.3. The van der Waals surface area contributed by atoms with Crippen LogP contribution < -0.4 is 0 Å². The van der Waals surface area contributed by atoms with Gasteiger partial charge in [-0.2, -0.15) is 0 Å². The minimum Gasteiger partial charge on any atom is -0.0823 e. The summed E-state index contributed by atoms with van der Waals surface area (Å²) < 4.78 is 0. The SMILES string of the molecule is Clc1c(Cl)c([C](c2ccccc2)c2ccccc2)c(Cl)c(Cl)c1/C=C/c1ccc(/C=C/c2c(Cl)c(Cl)c([C](c3ccccc3)c3ccccc3)c(Cl)c2Cl)cc1. The van der Waals surface area contributed by atoms with E-state index in [1.807, 2.05) is 170 Å². The summed E-state index contributed by atoms with van der Waals surface area (Å²) in [4.78, 5) is 0. The van der Waals surface area contributed by atoms with Gasteiger partial charge in [0.05, 0.1) is 52.0 Å². The highest BCUT2D eigenvalue weighted by Crippen LogP contribution is 2.49. The van der Waals surface area contributed by atoms with Crippen molar-refractivity contribution in [3.05, 3.63) is 253 Å². The van der Waals surface area contributed by atoms with E-state index in [1.54, 1.807) is 0 Å². The van der Waals surface area contributed by atoms with Gasteiger partial charge in [0.1, 0.15) is 0 Å². The van der Waals surface area contributed by atoms with Gasteiger partial charge in [0.2, 0.25) is 0 Å². The van der Waals surface area contributed by atoms with E-state index in [1.165, 1.54) is 0 Å². The molecule has 7 aromatic carbocycles. The summed E-state index contributed by atoms with van der Waals surface area (Å²) in [7, 11) is 0. The first-order valence-electron chi connectivity index (χ1n) is 17.3. The highest BCUT2D eigenvalue weighted by Gasteiger charge is 2.30. The maximum atomic E-state index is 7.01. The lowest BCUT2D eigenvalue weighted by atomic mass is 9.84. The molecule has 8 heteroatoms. The summed E-state index contributed by atoms with van der Waals surface area (Å²) >= 11 is 55.8. The normalized spacial score (nSPS) is 11.8. The van der Waals surface area contributed by atoms with Crippen molar-refractivity contribution in [2.75, 3.05) is 0 Å². The molecule has 7 rings (SSSR count). The Labute approximate surface area is 367 Å². The zero-order valence-corrected chi connectivity index (χ0v) is 35.2. The van der Waals surface area contributed by atoms with E-state index in [-0.39, 0.29) is 0 Å². The van der Waals surface area contributed by atoms with Crippen molar-refractivity contribution < 1.29 is 0 Å². The van der Waals surface area contributed by atoms with Gasteiger partial charge in [-0.1, -0.05) is 263 Å². The predicted octanol–water partition coefficient (Wildman–Crippen LogP) is 17.3. The van der Waals surface area contributed by atoms with Gasteiger partial charge >= 0.3 is 0 Å². The molecule has 56 heavy (non-hydrogen) atoms. The molecule has 276 valence electrons. The number of hydrogen-bond acceptors (Lipinski definition) is 0. The maximum absolute atomic E-state index is 7.01. The number of rotatable bonds is 10. The van der Waals surface area contributed by atoms with E-state index in [4.69, 9.17) is 92.8 Å². The van der Waals surface area contributed by atoms with Crippen LogP contribution in [-0.4, -0.2) is 0 Å². The Morgan fingerprint density at radius 3 is 0.732 bits per heavy atom. The van der Waals surface area contributed by atoms with Gasteiger partial charge in [-0.25, -0.2) is 0 Å². The molecule has 0 aromatic heterocycles. The van der Waals surface area contributed by atoms with Gasteiger partial charge < -0.3 is 0 Å². The fourth-order valence-corrected chi connectivity index (χ4v) is 8.80. The van der Waals surface area contributed by atoms with E-state index in [0.717, 1.165) is 45.2 Å². The van der Waals surface area contributed by atoms with Crippen LogP contribution in [0.3, 0.4) is 0 Å². The zero-order valence-electron chi connectivity index (χ0n) is 29.2. The van der Waals surface area contributed by atoms with Crippen molar-refractivity contribution >= 4 is 117 Å². The Hall–Kier alpha value is -3.66. The Morgan fingerprint density at radius 2 is 0.500 bits per heavy atom. The van der Waals surface area contributed by atoms with Gasteiger partial charge in [-0.15, -0.1) is 0 Å². The van der Waals surface area contributed by atoms with E-state index in [0.29, 0.717) is 62.4 Å².